The lowest BCUT2D eigenvalue weighted by molar-refractivity contribution is 0.198. The molecule has 1 heterocycles. The summed E-state index contributed by atoms with van der Waals surface area (Å²) in [7, 11) is 1.73. The average molecular weight is 240 g/mol. The summed E-state index contributed by atoms with van der Waals surface area (Å²) in [5.41, 5.74) is 0. The Morgan fingerprint density at radius 3 is 2.94 bits per heavy atom. The molecular weight excluding hydrogens is 216 g/mol. The predicted octanol–water partition coefficient (Wildman–Crippen LogP) is 1.73. The van der Waals surface area contributed by atoms with Gasteiger partial charge in [0.2, 0.25) is 0 Å². The molecule has 0 aliphatic heterocycles. The zero-order chi connectivity index (χ0) is 12.3. The molecule has 0 fully saturated rings. The second kappa shape index (κ2) is 9.22. The van der Waals surface area contributed by atoms with Crippen LogP contribution < -0.4 is 5.32 Å². The van der Waals surface area contributed by atoms with Crippen molar-refractivity contribution in [2.75, 3.05) is 39.9 Å². The maximum absolute atomic E-state index is 5.35. The number of hydrogen-bond acceptors (Lipinski definition) is 4. The molecule has 0 aliphatic carbocycles. The molecule has 1 N–H and O–H groups in total. The number of methoxy groups -OCH3 is 1. The van der Waals surface area contributed by atoms with Gasteiger partial charge in [0.25, 0.3) is 0 Å². The molecule has 1 aromatic rings. The summed E-state index contributed by atoms with van der Waals surface area (Å²) in [6.07, 6.45) is 2.88. The molecule has 17 heavy (non-hydrogen) atoms. The van der Waals surface area contributed by atoms with E-state index in [0.29, 0.717) is 0 Å². The van der Waals surface area contributed by atoms with Gasteiger partial charge in [-0.3, -0.25) is 4.90 Å². The normalized spacial score (nSPS) is 11.2. The lowest BCUT2D eigenvalue weighted by Crippen LogP contribution is -2.28. The molecule has 0 radical (unpaired) electrons. The first-order valence-corrected chi connectivity index (χ1v) is 6.31. The third-order valence-corrected chi connectivity index (χ3v) is 2.72. The highest BCUT2D eigenvalue weighted by atomic mass is 16.5. The van der Waals surface area contributed by atoms with Gasteiger partial charge in [0.15, 0.2) is 0 Å². The standard InChI is InChI=1S/C13H24N2O2/c1-3-15(12-13-6-4-10-17-13)9-5-7-14-8-11-16-2/h4,6,10,14H,3,5,7-9,11-12H2,1-2H3. The van der Waals surface area contributed by atoms with E-state index in [1.54, 1.807) is 13.4 Å². The first kappa shape index (κ1) is 14.2. The Kier molecular flexibility index (Phi) is 7.71. The van der Waals surface area contributed by atoms with E-state index in [9.17, 15) is 0 Å². The van der Waals surface area contributed by atoms with E-state index in [1.807, 2.05) is 12.1 Å². The van der Waals surface area contributed by atoms with Gasteiger partial charge in [0.05, 0.1) is 19.4 Å². The van der Waals surface area contributed by atoms with E-state index in [0.717, 1.165) is 51.5 Å². The molecule has 1 rings (SSSR count). The molecule has 98 valence electrons. The van der Waals surface area contributed by atoms with E-state index in [4.69, 9.17) is 9.15 Å². The Balaban J connectivity index is 2.06. The summed E-state index contributed by atoms with van der Waals surface area (Å²) in [6, 6.07) is 3.97. The molecule has 0 atom stereocenters. The van der Waals surface area contributed by atoms with E-state index in [2.05, 4.69) is 17.1 Å². The minimum atomic E-state index is 0.782. The molecule has 0 aliphatic rings. The molecule has 0 spiro atoms. The SMILES string of the molecule is CCN(CCCNCCOC)Cc1ccco1. The second-order valence-electron chi connectivity index (χ2n) is 4.04. The van der Waals surface area contributed by atoms with Crippen molar-refractivity contribution in [3.05, 3.63) is 24.2 Å². The van der Waals surface area contributed by atoms with Gasteiger partial charge >= 0.3 is 0 Å². The molecule has 4 nitrogen and oxygen atoms in total. The van der Waals surface area contributed by atoms with Gasteiger partial charge in [-0.25, -0.2) is 0 Å². The van der Waals surface area contributed by atoms with Crippen LogP contribution in [0, 0.1) is 0 Å². The van der Waals surface area contributed by atoms with Gasteiger partial charge < -0.3 is 14.5 Å². The van der Waals surface area contributed by atoms with E-state index < -0.39 is 0 Å². The van der Waals surface area contributed by atoms with Crippen molar-refractivity contribution in [3.8, 4) is 0 Å². The summed E-state index contributed by atoms with van der Waals surface area (Å²) in [6.45, 7) is 7.99. The van der Waals surface area contributed by atoms with Gasteiger partial charge in [-0.2, -0.15) is 0 Å². The van der Waals surface area contributed by atoms with Gasteiger partial charge in [0.1, 0.15) is 5.76 Å². The number of nitrogens with zero attached hydrogens (tertiary/aromatic N) is 1. The van der Waals surface area contributed by atoms with Crippen molar-refractivity contribution >= 4 is 0 Å². The van der Waals surface area contributed by atoms with Crippen LogP contribution >= 0.6 is 0 Å². The van der Waals surface area contributed by atoms with Crippen molar-refractivity contribution in [2.24, 2.45) is 0 Å². The lowest BCUT2D eigenvalue weighted by atomic mass is 10.3. The first-order chi connectivity index (χ1) is 8.36. The van der Waals surface area contributed by atoms with Crippen LogP contribution in [0.1, 0.15) is 19.1 Å². The molecule has 0 unspecified atom stereocenters. The maximum Gasteiger partial charge on any atom is 0.117 e. The second-order valence-corrected chi connectivity index (χ2v) is 4.04. The van der Waals surface area contributed by atoms with Crippen LogP contribution in [-0.4, -0.2) is 44.8 Å². The summed E-state index contributed by atoms with van der Waals surface area (Å²) in [5, 5.41) is 3.35. The highest BCUT2D eigenvalue weighted by Crippen LogP contribution is 2.05. The Morgan fingerprint density at radius 1 is 1.41 bits per heavy atom. The van der Waals surface area contributed by atoms with Crippen LogP contribution in [0.2, 0.25) is 0 Å². The van der Waals surface area contributed by atoms with Crippen molar-refractivity contribution in [3.63, 3.8) is 0 Å². The average Bonchev–Trinajstić information content (AvgIpc) is 2.85. The highest BCUT2D eigenvalue weighted by molar-refractivity contribution is 4.97. The topological polar surface area (TPSA) is 37.6 Å². The summed E-state index contributed by atoms with van der Waals surface area (Å²) in [4.78, 5) is 2.39. The number of hydrogen-bond donors (Lipinski definition) is 1. The molecule has 0 amide bonds. The first-order valence-electron chi connectivity index (χ1n) is 6.31. The zero-order valence-electron chi connectivity index (χ0n) is 10.9. The van der Waals surface area contributed by atoms with Gasteiger partial charge in [-0.15, -0.1) is 0 Å². The molecule has 0 saturated heterocycles. The third-order valence-electron chi connectivity index (χ3n) is 2.72. The summed E-state index contributed by atoms with van der Waals surface area (Å²) >= 11 is 0. The maximum atomic E-state index is 5.35. The van der Waals surface area contributed by atoms with E-state index in [-0.39, 0.29) is 0 Å². The summed E-state index contributed by atoms with van der Waals surface area (Å²) < 4.78 is 10.3. The fourth-order valence-corrected chi connectivity index (χ4v) is 1.70. The Bertz CT molecular complexity index is 262. The van der Waals surface area contributed by atoms with Crippen molar-refractivity contribution in [2.45, 2.75) is 19.9 Å². The van der Waals surface area contributed by atoms with Crippen molar-refractivity contribution < 1.29 is 9.15 Å². The molecule has 0 saturated carbocycles. The Labute approximate surface area is 104 Å². The molecule has 0 aromatic carbocycles. The zero-order valence-corrected chi connectivity index (χ0v) is 10.9. The molecular formula is C13H24N2O2. The molecule has 4 heteroatoms. The monoisotopic (exact) mass is 240 g/mol. The Morgan fingerprint density at radius 2 is 2.29 bits per heavy atom. The smallest absolute Gasteiger partial charge is 0.117 e. The van der Waals surface area contributed by atoms with Gasteiger partial charge in [-0.1, -0.05) is 6.92 Å². The van der Waals surface area contributed by atoms with Crippen LogP contribution in [0.4, 0.5) is 0 Å². The third kappa shape index (κ3) is 6.46. The molecule has 0 bridgehead atoms. The van der Waals surface area contributed by atoms with Gasteiger partial charge in [-0.05, 0) is 38.2 Å². The number of nitrogens with one attached hydrogen (secondary N) is 1. The van der Waals surface area contributed by atoms with E-state index >= 15 is 0 Å². The lowest BCUT2D eigenvalue weighted by Gasteiger charge is -2.18. The van der Waals surface area contributed by atoms with E-state index in [1.165, 1.54) is 0 Å². The quantitative estimate of drug-likeness (QED) is 0.632. The van der Waals surface area contributed by atoms with Crippen molar-refractivity contribution in [1.82, 2.24) is 10.2 Å². The number of furan rings is 1. The number of rotatable bonds is 10. The van der Waals surface area contributed by atoms with Crippen LogP contribution in [0.3, 0.4) is 0 Å². The minimum absolute atomic E-state index is 0.782. The van der Waals surface area contributed by atoms with Crippen LogP contribution in [0.5, 0.6) is 0 Å². The summed E-state index contributed by atoms with van der Waals surface area (Å²) in [5.74, 6) is 1.04. The molecule has 1 aromatic heterocycles. The fourth-order valence-electron chi connectivity index (χ4n) is 1.70. The highest BCUT2D eigenvalue weighted by Gasteiger charge is 2.04. The van der Waals surface area contributed by atoms with Gasteiger partial charge in [0, 0.05) is 13.7 Å². The fraction of sp³-hybridized carbons (Fsp3) is 0.692. The van der Waals surface area contributed by atoms with Crippen LogP contribution in [0.25, 0.3) is 0 Å². The predicted molar refractivity (Wildman–Crippen MR) is 69.0 cm³/mol. The van der Waals surface area contributed by atoms with Crippen molar-refractivity contribution in [1.29, 1.82) is 0 Å². The van der Waals surface area contributed by atoms with Crippen LogP contribution in [0.15, 0.2) is 22.8 Å². The largest absolute Gasteiger partial charge is 0.468 e. The van der Waals surface area contributed by atoms with Crippen LogP contribution in [-0.2, 0) is 11.3 Å². The number of ether oxygens (including phenoxy) is 1. The minimum Gasteiger partial charge on any atom is -0.468 e. The Hall–Kier alpha value is -0.840.